The molecule has 0 radical (unpaired) electrons. The van der Waals surface area contributed by atoms with E-state index in [0.717, 1.165) is 16.7 Å². The fourth-order valence-corrected chi connectivity index (χ4v) is 8.68. The van der Waals surface area contributed by atoms with Crippen molar-refractivity contribution in [1.82, 2.24) is 34.4 Å². The quantitative estimate of drug-likeness (QED) is 0.0335. The summed E-state index contributed by atoms with van der Waals surface area (Å²) in [4.78, 5) is 20.1. The summed E-state index contributed by atoms with van der Waals surface area (Å²) >= 11 is 0. The summed E-state index contributed by atoms with van der Waals surface area (Å²) in [6, 6.07) is 34.0. The number of imidazole rings is 1. The molecule has 5 aromatic rings. The van der Waals surface area contributed by atoms with Crippen molar-refractivity contribution in [2.75, 3.05) is 27.3 Å². The summed E-state index contributed by atoms with van der Waals surface area (Å²) in [6.07, 6.45) is 4.99. The molecule has 1 unspecified atom stereocenters. The van der Waals surface area contributed by atoms with Gasteiger partial charge < -0.3 is 18.7 Å². The Labute approximate surface area is 319 Å². The van der Waals surface area contributed by atoms with E-state index in [4.69, 9.17) is 18.8 Å². The van der Waals surface area contributed by atoms with Gasteiger partial charge in [0, 0.05) is 38.6 Å². The number of aromatic nitrogens is 4. The van der Waals surface area contributed by atoms with Crippen molar-refractivity contribution >= 4 is 31.8 Å². The number of hydrogen-bond donors (Lipinski definition) is 1. The zero-order chi connectivity index (χ0) is 38.1. The van der Waals surface area contributed by atoms with Gasteiger partial charge in [-0.25, -0.2) is 24.6 Å². The van der Waals surface area contributed by atoms with Crippen LogP contribution in [0.1, 0.15) is 63.5 Å². The van der Waals surface area contributed by atoms with Gasteiger partial charge in [0.2, 0.25) is 0 Å². The largest absolute Gasteiger partial charge is 0.369 e. The predicted molar refractivity (Wildman–Crippen MR) is 213 cm³/mol. The normalized spacial score (nSPS) is 18.3. The Kier molecular flexibility index (Phi) is 13.1. The van der Waals surface area contributed by atoms with Crippen molar-refractivity contribution in [3.8, 4) is 6.07 Å². The van der Waals surface area contributed by atoms with Gasteiger partial charge in [-0.3, -0.25) is 9.88 Å². The van der Waals surface area contributed by atoms with E-state index in [2.05, 4.69) is 132 Å². The molecule has 12 nitrogen and oxygen atoms in total. The molecule has 0 saturated carbocycles. The van der Waals surface area contributed by atoms with Gasteiger partial charge in [0.15, 0.2) is 17.0 Å². The molecule has 6 rings (SSSR count). The molecule has 0 bridgehead atoms. The predicted octanol–water partition coefficient (Wildman–Crippen LogP) is 7.58. The lowest BCUT2D eigenvalue weighted by Gasteiger charge is -2.40. The summed E-state index contributed by atoms with van der Waals surface area (Å²) in [5, 5.41) is 13.5. The van der Waals surface area contributed by atoms with Crippen LogP contribution >= 0.6 is 8.53 Å². The molecular formula is C41H50N9O3P. The third kappa shape index (κ3) is 8.68. The van der Waals surface area contributed by atoms with Crippen LogP contribution in [-0.4, -0.2) is 87.0 Å². The van der Waals surface area contributed by atoms with Crippen molar-refractivity contribution in [1.29, 1.82) is 5.26 Å². The van der Waals surface area contributed by atoms with Crippen molar-refractivity contribution in [2.24, 2.45) is 4.99 Å². The number of nitrogens with one attached hydrogen (secondary N) is 1. The third-order valence-electron chi connectivity index (χ3n) is 9.33. The second-order valence-corrected chi connectivity index (χ2v) is 15.5. The second kappa shape index (κ2) is 18.2. The Balaban J connectivity index is 1.43. The van der Waals surface area contributed by atoms with Gasteiger partial charge in [-0.15, -0.1) is 0 Å². The van der Waals surface area contributed by atoms with Crippen LogP contribution in [0.5, 0.6) is 0 Å². The minimum absolute atomic E-state index is 0.160. The maximum absolute atomic E-state index is 9.30. The van der Waals surface area contributed by atoms with Gasteiger partial charge in [-0.1, -0.05) is 91.0 Å². The molecule has 13 heteroatoms. The van der Waals surface area contributed by atoms with Crippen molar-refractivity contribution in [2.45, 2.75) is 76.5 Å². The van der Waals surface area contributed by atoms with Gasteiger partial charge >= 0.3 is 0 Å². The Hall–Kier alpha value is -4.60. The molecule has 3 heterocycles. The van der Waals surface area contributed by atoms with E-state index in [1.165, 1.54) is 6.33 Å². The molecule has 0 aliphatic carbocycles. The minimum atomic E-state index is -1.50. The highest BCUT2D eigenvalue weighted by atomic mass is 31.2. The van der Waals surface area contributed by atoms with Gasteiger partial charge in [0.25, 0.3) is 8.53 Å². The van der Waals surface area contributed by atoms with Crippen LogP contribution in [0.25, 0.3) is 11.2 Å². The van der Waals surface area contributed by atoms with Crippen LogP contribution in [0.15, 0.2) is 109 Å². The SMILES string of the molecule is CC(C)N(C(C)C)P(OCCC#N)OC[C@H]1O[C@@H](n2cnc3c(N=CN(C)C)ncnc32)C[C@@H]1NC(c1ccccc1)(c1ccccc1)c1ccccc1. The highest BCUT2D eigenvalue weighted by Crippen LogP contribution is 2.47. The number of nitrogens with zero attached hydrogens (tertiary/aromatic N) is 8. The third-order valence-corrected chi connectivity index (χ3v) is 11.4. The Morgan fingerprint density at radius 2 is 1.52 bits per heavy atom. The van der Waals surface area contributed by atoms with E-state index in [-0.39, 0.29) is 37.8 Å². The second-order valence-electron chi connectivity index (χ2n) is 14.0. The smallest absolute Gasteiger partial charge is 0.259 e. The molecule has 282 valence electrons. The van der Waals surface area contributed by atoms with E-state index in [0.29, 0.717) is 23.4 Å². The molecule has 2 aromatic heterocycles. The lowest BCUT2D eigenvalue weighted by molar-refractivity contribution is -0.0242. The first-order valence-electron chi connectivity index (χ1n) is 18.4. The van der Waals surface area contributed by atoms with Gasteiger partial charge in [0.1, 0.15) is 12.6 Å². The number of benzene rings is 3. The molecule has 0 spiro atoms. The summed E-state index contributed by atoms with van der Waals surface area (Å²) in [6.45, 7) is 9.07. The van der Waals surface area contributed by atoms with Gasteiger partial charge in [0.05, 0.1) is 50.0 Å². The number of fused-ring (bicyclic) bond motifs is 1. The maximum atomic E-state index is 9.30. The first kappa shape index (κ1) is 39.1. The van der Waals surface area contributed by atoms with Crippen LogP contribution in [0, 0.1) is 11.3 Å². The minimum Gasteiger partial charge on any atom is -0.369 e. The zero-order valence-corrected chi connectivity index (χ0v) is 32.8. The van der Waals surface area contributed by atoms with Crippen LogP contribution in [0.3, 0.4) is 0 Å². The van der Waals surface area contributed by atoms with E-state index in [9.17, 15) is 5.26 Å². The topological polar surface area (TPSA) is 126 Å². The lowest BCUT2D eigenvalue weighted by Crippen LogP contribution is -2.53. The summed E-state index contributed by atoms with van der Waals surface area (Å²) in [5.74, 6) is 0.485. The zero-order valence-electron chi connectivity index (χ0n) is 31.9. The fraction of sp³-hybridized carbons (Fsp3) is 0.390. The molecule has 1 N–H and O–H groups in total. The average molecular weight is 748 g/mol. The van der Waals surface area contributed by atoms with Crippen LogP contribution in [0.4, 0.5) is 5.82 Å². The van der Waals surface area contributed by atoms with Crippen LogP contribution < -0.4 is 5.32 Å². The van der Waals surface area contributed by atoms with E-state index < -0.39 is 26.4 Å². The molecular weight excluding hydrogens is 697 g/mol. The average Bonchev–Trinajstić information content (AvgIpc) is 3.80. The standard InChI is InChI=1S/C41H50N9O3P/c1-30(2)50(31(3)4)54(51-24-16-23-42)52-26-36-35(25-37(53-36)49-29-45-38-39(46-28-48(5)6)43-27-44-40(38)49)47-41(32-17-10-7-11-18-32,33-19-12-8-13-20-33)34-21-14-9-15-22-34/h7-15,17-22,27-31,35-37,47H,16,24-26H2,1-6H3/t35-,36+,37+,54?/m0/s1. The molecule has 3 aromatic carbocycles. The summed E-state index contributed by atoms with van der Waals surface area (Å²) in [5.41, 5.74) is 3.78. The van der Waals surface area contributed by atoms with E-state index in [1.807, 2.05) is 41.8 Å². The van der Waals surface area contributed by atoms with Crippen molar-refractivity contribution in [3.05, 3.63) is 120 Å². The number of hydrogen-bond acceptors (Lipinski definition) is 10. The highest BCUT2D eigenvalue weighted by Gasteiger charge is 2.45. The molecule has 1 saturated heterocycles. The van der Waals surface area contributed by atoms with Crippen LogP contribution in [-0.2, 0) is 19.3 Å². The first-order valence-corrected chi connectivity index (χ1v) is 19.5. The Morgan fingerprint density at radius 1 is 0.926 bits per heavy atom. The Morgan fingerprint density at radius 3 is 2.06 bits per heavy atom. The summed E-state index contributed by atoms with van der Waals surface area (Å²) in [7, 11) is 2.31. The number of nitriles is 1. The maximum Gasteiger partial charge on any atom is 0.259 e. The summed E-state index contributed by atoms with van der Waals surface area (Å²) < 4.78 is 24.3. The Bertz CT molecular complexity index is 1880. The molecule has 4 atom stereocenters. The lowest BCUT2D eigenvalue weighted by atomic mass is 9.76. The number of ether oxygens (including phenoxy) is 1. The highest BCUT2D eigenvalue weighted by molar-refractivity contribution is 7.44. The monoisotopic (exact) mass is 747 g/mol. The molecule has 1 fully saturated rings. The van der Waals surface area contributed by atoms with Gasteiger partial charge in [-0.05, 0) is 44.4 Å². The fourth-order valence-electron chi connectivity index (χ4n) is 7.07. The first-order chi connectivity index (χ1) is 26.2. The molecule has 0 amide bonds. The van der Waals surface area contributed by atoms with E-state index in [1.54, 1.807) is 12.7 Å². The van der Waals surface area contributed by atoms with Crippen molar-refractivity contribution < 1.29 is 13.8 Å². The number of rotatable bonds is 17. The number of aliphatic imine (C=N–C) groups is 1. The van der Waals surface area contributed by atoms with Gasteiger partial charge in [-0.2, -0.15) is 5.26 Å². The van der Waals surface area contributed by atoms with E-state index >= 15 is 0 Å². The molecule has 1 aliphatic rings. The van der Waals surface area contributed by atoms with Crippen LogP contribution in [0.2, 0.25) is 0 Å². The molecule has 1 aliphatic heterocycles. The molecule has 54 heavy (non-hydrogen) atoms. The van der Waals surface area contributed by atoms with Crippen molar-refractivity contribution in [3.63, 3.8) is 0 Å².